The molecule has 19 heavy (non-hydrogen) atoms. The lowest BCUT2D eigenvalue weighted by Crippen LogP contribution is -2.10. The molecular formula is C14H14N2O3. The quantitative estimate of drug-likeness (QED) is 0.853. The molecule has 0 aliphatic rings. The number of nitrogens with zero attached hydrogens (tertiary/aromatic N) is 1. The van der Waals surface area contributed by atoms with Crippen molar-refractivity contribution in [1.29, 1.82) is 0 Å². The zero-order valence-corrected chi connectivity index (χ0v) is 10.7. The van der Waals surface area contributed by atoms with Crippen LogP contribution in [-0.4, -0.2) is 25.2 Å². The highest BCUT2D eigenvalue weighted by Crippen LogP contribution is 2.28. The van der Waals surface area contributed by atoms with E-state index in [2.05, 4.69) is 9.72 Å². The highest BCUT2D eigenvalue weighted by Gasteiger charge is 2.19. The van der Waals surface area contributed by atoms with Gasteiger partial charge in [-0.05, 0) is 6.07 Å². The highest BCUT2D eigenvalue weighted by molar-refractivity contribution is 5.98. The molecule has 2 N–H and O–H groups in total. The maximum absolute atomic E-state index is 11.6. The Labute approximate surface area is 111 Å². The number of methoxy groups -OCH3 is 2. The lowest BCUT2D eigenvalue weighted by Gasteiger charge is -2.11. The number of carbonyl (C=O) groups is 1. The molecule has 0 atom stereocenters. The van der Waals surface area contributed by atoms with Crippen molar-refractivity contribution in [3.05, 3.63) is 42.0 Å². The van der Waals surface area contributed by atoms with Crippen LogP contribution < -0.4 is 10.5 Å². The van der Waals surface area contributed by atoms with E-state index in [9.17, 15) is 4.79 Å². The first-order valence-corrected chi connectivity index (χ1v) is 5.65. The van der Waals surface area contributed by atoms with Gasteiger partial charge < -0.3 is 15.2 Å². The summed E-state index contributed by atoms with van der Waals surface area (Å²) in [6, 6.07) is 11.1. The first kappa shape index (κ1) is 12.9. The summed E-state index contributed by atoms with van der Waals surface area (Å²) in [7, 11) is 2.72. The van der Waals surface area contributed by atoms with Crippen molar-refractivity contribution < 1.29 is 14.3 Å². The van der Waals surface area contributed by atoms with E-state index in [1.807, 2.05) is 30.3 Å². The van der Waals surface area contributed by atoms with Gasteiger partial charge in [0.2, 0.25) is 5.88 Å². The van der Waals surface area contributed by atoms with Crippen molar-refractivity contribution in [2.45, 2.75) is 0 Å². The maximum Gasteiger partial charge on any atom is 0.345 e. The fourth-order valence-electron chi connectivity index (χ4n) is 1.75. The van der Waals surface area contributed by atoms with Gasteiger partial charge in [0.1, 0.15) is 5.56 Å². The van der Waals surface area contributed by atoms with E-state index >= 15 is 0 Å². The summed E-state index contributed by atoms with van der Waals surface area (Å²) < 4.78 is 9.79. The molecule has 0 saturated heterocycles. The van der Waals surface area contributed by atoms with Crippen LogP contribution in [0.2, 0.25) is 0 Å². The number of pyridine rings is 1. The van der Waals surface area contributed by atoms with Crippen molar-refractivity contribution in [2.75, 3.05) is 20.0 Å². The summed E-state index contributed by atoms with van der Waals surface area (Å²) in [6.45, 7) is 0. The van der Waals surface area contributed by atoms with Gasteiger partial charge in [-0.1, -0.05) is 30.3 Å². The fourth-order valence-corrected chi connectivity index (χ4v) is 1.75. The third kappa shape index (κ3) is 2.49. The Morgan fingerprint density at radius 1 is 1.21 bits per heavy atom. The number of carbonyl (C=O) groups excluding carboxylic acids is 1. The van der Waals surface area contributed by atoms with Crippen LogP contribution in [0.15, 0.2) is 36.4 Å². The van der Waals surface area contributed by atoms with Gasteiger partial charge in [0.25, 0.3) is 0 Å². The molecule has 0 aliphatic carbocycles. The third-order valence-electron chi connectivity index (χ3n) is 2.67. The lowest BCUT2D eigenvalue weighted by atomic mass is 10.1. The summed E-state index contributed by atoms with van der Waals surface area (Å²) in [5.41, 5.74) is 7.84. The molecule has 5 nitrogen and oxygen atoms in total. The number of nitrogen functional groups attached to an aromatic ring is 1. The van der Waals surface area contributed by atoms with Crippen molar-refractivity contribution >= 4 is 11.7 Å². The number of benzene rings is 1. The number of rotatable bonds is 3. The standard InChI is InChI=1S/C14H14N2O3/c1-18-13-12(14(17)19-2)10(15)8-11(16-13)9-6-4-3-5-7-9/h3-8H,1-2H3,(H2,15,16). The first-order chi connectivity index (χ1) is 9.17. The largest absolute Gasteiger partial charge is 0.480 e. The van der Waals surface area contributed by atoms with Gasteiger partial charge in [0.05, 0.1) is 25.6 Å². The molecule has 0 fully saturated rings. The predicted molar refractivity (Wildman–Crippen MR) is 72.0 cm³/mol. The van der Waals surface area contributed by atoms with Crippen molar-refractivity contribution in [3.8, 4) is 17.1 Å². The Balaban J connectivity index is 2.57. The normalized spacial score (nSPS) is 10.0. The minimum atomic E-state index is -0.568. The third-order valence-corrected chi connectivity index (χ3v) is 2.67. The second-order valence-corrected chi connectivity index (χ2v) is 3.84. The van der Waals surface area contributed by atoms with E-state index in [0.717, 1.165) is 5.56 Å². The molecule has 0 bridgehead atoms. The molecule has 0 spiro atoms. The van der Waals surface area contributed by atoms with Crippen LogP contribution >= 0.6 is 0 Å². The van der Waals surface area contributed by atoms with E-state index in [-0.39, 0.29) is 17.1 Å². The van der Waals surface area contributed by atoms with Crippen molar-refractivity contribution in [2.24, 2.45) is 0 Å². The summed E-state index contributed by atoms with van der Waals surface area (Å²) in [5.74, 6) is -0.410. The molecule has 2 aromatic rings. The molecule has 5 heteroatoms. The van der Waals surface area contributed by atoms with E-state index < -0.39 is 5.97 Å². The van der Waals surface area contributed by atoms with Gasteiger partial charge in [-0.3, -0.25) is 0 Å². The van der Waals surface area contributed by atoms with Crippen molar-refractivity contribution in [1.82, 2.24) is 4.98 Å². The van der Waals surface area contributed by atoms with E-state index in [4.69, 9.17) is 10.5 Å². The number of hydrogen-bond acceptors (Lipinski definition) is 5. The number of aromatic nitrogens is 1. The van der Waals surface area contributed by atoms with Gasteiger partial charge in [-0.2, -0.15) is 0 Å². The molecule has 1 aromatic carbocycles. The molecule has 0 aliphatic heterocycles. The smallest absolute Gasteiger partial charge is 0.345 e. The summed E-state index contributed by atoms with van der Waals surface area (Å²) in [4.78, 5) is 15.9. The van der Waals surface area contributed by atoms with Crippen LogP contribution in [0, 0.1) is 0 Å². The number of esters is 1. The minimum Gasteiger partial charge on any atom is -0.480 e. The average Bonchev–Trinajstić information content (AvgIpc) is 2.46. The van der Waals surface area contributed by atoms with Gasteiger partial charge in [0, 0.05) is 5.56 Å². The average molecular weight is 258 g/mol. The number of anilines is 1. The van der Waals surface area contributed by atoms with Crippen LogP contribution in [0.3, 0.4) is 0 Å². The van der Waals surface area contributed by atoms with E-state index in [1.165, 1.54) is 14.2 Å². The monoisotopic (exact) mass is 258 g/mol. The van der Waals surface area contributed by atoms with Gasteiger partial charge in [-0.25, -0.2) is 9.78 Å². The topological polar surface area (TPSA) is 74.4 Å². The number of hydrogen-bond donors (Lipinski definition) is 1. The zero-order valence-electron chi connectivity index (χ0n) is 10.7. The van der Waals surface area contributed by atoms with Crippen LogP contribution in [0.25, 0.3) is 11.3 Å². The Morgan fingerprint density at radius 2 is 1.89 bits per heavy atom. The summed E-state index contributed by atoms with van der Waals surface area (Å²) >= 11 is 0. The molecule has 0 amide bonds. The predicted octanol–water partition coefficient (Wildman–Crippen LogP) is 2.13. The van der Waals surface area contributed by atoms with Crippen LogP contribution in [-0.2, 0) is 4.74 Å². The molecule has 2 rings (SSSR count). The van der Waals surface area contributed by atoms with Crippen molar-refractivity contribution in [3.63, 3.8) is 0 Å². The second kappa shape index (κ2) is 5.39. The van der Waals surface area contributed by atoms with Gasteiger partial charge >= 0.3 is 5.97 Å². The number of ether oxygens (including phenoxy) is 2. The fraction of sp³-hybridized carbons (Fsp3) is 0.143. The summed E-state index contributed by atoms with van der Waals surface area (Å²) in [6.07, 6.45) is 0. The lowest BCUT2D eigenvalue weighted by molar-refractivity contribution is 0.0597. The Kier molecular flexibility index (Phi) is 3.66. The Hall–Kier alpha value is -2.56. The van der Waals surface area contributed by atoms with Gasteiger partial charge in [0.15, 0.2) is 0 Å². The molecule has 0 saturated carbocycles. The number of nitrogens with two attached hydrogens (primary N) is 1. The molecule has 98 valence electrons. The first-order valence-electron chi connectivity index (χ1n) is 5.65. The Bertz CT molecular complexity index is 597. The zero-order chi connectivity index (χ0) is 13.8. The van der Waals surface area contributed by atoms with E-state index in [0.29, 0.717) is 5.69 Å². The maximum atomic E-state index is 11.6. The summed E-state index contributed by atoms with van der Waals surface area (Å²) in [5, 5.41) is 0. The molecule has 1 aromatic heterocycles. The van der Waals surface area contributed by atoms with Crippen LogP contribution in [0.5, 0.6) is 5.88 Å². The molecule has 0 radical (unpaired) electrons. The van der Waals surface area contributed by atoms with Gasteiger partial charge in [-0.15, -0.1) is 0 Å². The van der Waals surface area contributed by atoms with Crippen LogP contribution in [0.4, 0.5) is 5.69 Å². The SMILES string of the molecule is COC(=O)c1c(N)cc(-c2ccccc2)nc1OC. The van der Waals surface area contributed by atoms with Crippen LogP contribution in [0.1, 0.15) is 10.4 Å². The highest BCUT2D eigenvalue weighted by atomic mass is 16.5. The molecular weight excluding hydrogens is 244 g/mol. The Morgan fingerprint density at radius 3 is 2.47 bits per heavy atom. The second-order valence-electron chi connectivity index (χ2n) is 3.84. The van der Waals surface area contributed by atoms with E-state index in [1.54, 1.807) is 6.07 Å². The molecule has 0 unspecified atom stereocenters. The molecule has 1 heterocycles. The minimum absolute atomic E-state index is 0.143.